The summed E-state index contributed by atoms with van der Waals surface area (Å²) in [6, 6.07) is 5.50. The van der Waals surface area contributed by atoms with Crippen molar-refractivity contribution < 1.29 is 14.3 Å². The average molecular weight is 385 g/mol. The molecule has 0 spiro atoms. The smallest absolute Gasteiger partial charge is 0.362 e. The minimum atomic E-state index is -0.520. The van der Waals surface area contributed by atoms with E-state index in [1.807, 2.05) is 12.1 Å². The normalized spacial score (nSPS) is 15.2. The van der Waals surface area contributed by atoms with Crippen molar-refractivity contribution in [2.45, 2.75) is 25.9 Å². The number of aromatic nitrogens is 3. The minimum Gasteiger partial charge on any atom is -0.471 e. The molecule has 2 aromatic rings. The predicted molar refractivity (Wildman–Crippen MR) is 94.7 cm³/mol. The summed E-state index contributed by atoms with van der Waals surface area (Å²) >= 11 is 12.1. The van der Waals surface area contributed by atoms with Gasteiger partial charge in [0.25, 0.3) is 5.88 Å². The number of ether oxygens (including phenoxy) is 2. The van der Waals surface area contributed by atoms with Gasteiger partial charge in [0, 0.05) is 41.7 Å². The van der Waals surface area contributed by atoms with Gasteiger partial charge in [-0.3, -0.25) is 0 Å². The van der Waals surface area contributed by atoms with Crippen LogP contribution in [0, 0.1) is 0 Å². The van der Waals surface area contributed by atoms with Crippen LogP contribution in [0.1, 0.15) is 30.3 Å². The fourth-order valence-electron chi connectivity index (χ4n) is 2.75. The Hall–Kier alpha value is -1.99. The van der Waals surface area contributed by atoms with Crippen molar-refractivity contribution in [2.24, 2.45) is 0 Å². The van der Waals surface area contributed by atoms with Crippen molar-refractivity contribution in [3.63, 3.8) is 0 Å². The maximum Gasteiger partial charge on any atom is 0.362 e. The lowest BCUT2D eigenvalue weighted by molar-refractivity contribution is 0.0510. The third-order valence-electron chi connectivity index (χ3n) is 3.93. The Balaban J connectivity index is 1.60. The van der Waals surface area contributed by atoms with Crippen LogP contribution in [0.15, 0.2) is 18.2 Å². The summed E-state index contributed by atoms with van der Waals surface area (Å²) in [6.07, 6.45) is 1.50. The molecular formula is C16H18Cl2N4O3. The summed E-state index contributed by atoms with van der Waals surface area (Å²) in [6.45, 7) is 3.58. The van der Waals surface area contributed by atoms with Gasteiger partial charge in [0.15, 0.2) is 0 Å². The Morgan fingerprint density at radius 1 is 1.28 bits per heavy atom. The fraction of sp³-hybridized carbons (Fsp3) is 0.438. The molecule has 1 aromatic heterocycles. The van der Waals surface area contributed by atoms with Gasteiger partial charge in [-0.15, -0.1) is 0 Å². The van der Waals surface area contributed by atoms with Gasteiger partial charge in [-0.05, 0) is 25.1 Å². The minimum absolute atomic E-state index is 0.0517. The molecule has 0 unspecified atom stereocenters. The quantitative estimate of drug-likeness (QED) is 0.796. The molecule has 1 aromatic carbocycles. The lowest BCUT2D eigenvalue weighted by Crippen LogP contribution is -2.38. The maximum absolute atomic E-state index is 11.8. The second-order valence-corrected chi connectivity index (χ2v) is 6.52. The number of nitrogens with zero attached hydrogens (tertiary/aromatic N) is 3. The van der Waals surface area contributed by atoms with Crippen LogP contribution >= 0.6 is 23.2 Å². The van der Waals surface area contributed by atoms with E-state index in [9.17, 15) is 4.79 Å². The number of carbonyl (C=O) groups excluding carboxylic acids is 1. The molecule has 1 fully saturated rings. The summed E-state index contributed by atoms with van der Waals surface area (Å²) in [7, 11) is 0. The molecule has 3 rings (SSSR count). The molecule has 1 aliphatic rings. The van der Waals surface area contributed by atoms with Gasteiger partial charge in [-0.1, -0.05) is 33.5 Å². The summed E-state index contributed by atoms with van der Waals surface area (Å²) in [4.78, 5) is 14.0. The van der Waals surface area contributed by atoms with Gasteiger partial charge in [0.05, 0.1) is 6.61 Å². The fourth-order valence-corrected chi connectivity index (χ4v) is 3.26. The monoisotopic (exact) mass is 384 g/mol. The van der Waals surface area contributed by atoms with Crippen LogP contribution in [-0.2, 0) is 4.74 Å². The first kappa shape index (κ1) is 17.8. The molecule has 0 aliphatic carbocycles. The van der Waals surface area contributed by atoms with Crippen molar-refractivity contribution in [1.29, 1.82) is 0 Å². The molecule has 1 N–H and O–H groups in total. The van der Waals surface area contributed by atoms with Crippen LogP contribution < -0.4 is 9.64 Å². The number of hydrogen-bond acceptors (Lipinski definition) is 6. The van der Waals surface area contributed by atoms with Gasteiger partial charge in [-0.2, -0.15) is 0 Å². The van der Waals surface area contributed by atoms with E-state index in [0.717, 1.165) is 31.6 Å². The number of piperidine rings is 1. The number of aromatic amines is 1. The Kier molecular flexibility index (Phi) is 5.65. The van der Waals surface area contributed by atoms with Crippen molar-refractivity contribution in [1.82, 2.24) is 15.4 Å². The van der Waals surface area contributed by atoms with Crippen LogP contribution in [0.4, 0.5) is 5.69 Å². The van der Waals surface area contributed by atoms with E-state index in [2.05, 4.69) is 20.3 Å². The van der Waals surface area contributed by atoms with Gasteiger partial charge >= 0.3 is 5.97 Å². The Morgan fingerprint density at radius 2 is 1.96 bits per heavy atom. The number of hydrogen-bond donors (Lipinski definition) is 1. The van der Waals surface area contributed by atoms with E-state index < -0.39 is 5.97 Å². The van der Waals surface area contributed by atoms with E-state index >= 15 is 0 Å². The predicted octanol–water partition coefficient (Wildman–Crippen LogP) is 3.34. The summed E-state index contributed by atoms with van der Waals surface area (Å²) in [5, 5.41) is 11.2. The zero-order valence-corrected chi connectivity index (χ0v) is 15.2. The van der Waals surface area contributed by atoms with E-state index in [1.165, 1.54) is 0 Å². The van der Waals surface area contributed by atoms with E-state index in [1.54, 1.807) is 13.0 Å². The molecule has 9 heteroatoms. The molecule has 2 heterocycles. The highest BCUT2D eigenvalue weighted by Gasteiger charge is 2.25. The lowest BCUT2D eigenvalue weighted by atomic mass is 10.1. The zero-order valence-electron chi connectivity index (χ0n) is 13.7. The van der Waals surface area contributed by atoms with Crippen molar-refractivity contribution in [2.75, 3.05) is 24.6 Å². The topological polar surface area (TPSA) is 80.3 Å². The first-order valence-corrected chi connectivity index (χ1v) is 8.78. The number of benzene rings is 1. The van der Waals surface area contributed by atoms with Crippen LogP contribution in [0.3, 0.4) is 0 Å². The van der Waals surface area contributed by atoms with E-state index in [0.29, 0.717) is 10.0 Å². The number of esters is 1. The number of rotatable bonds is 5. The number of carbonyl (C=O) groups is 1. The maximum atomic E-state index is 11.8. The Morgan fingerprint density at radius 3 is 2.60 bits per heavy atom. The van der Waals surface area contributed by atoms with Crippen LogP contribution in [0.25, 0.3) is 0 Å². The van der Waals surface area contributed by atoms with Gasteiger partial charge in [-0.25, -0.2) is 9.89 Å². The highest BCUT2D eigenvalue weighted by molar-refractivity contribution is 6.35. The number of H-pyrrole nitrogens is 1. The Labute approximate surface area is 155 Å². The molecule has 7 nitrogen and oxygen atoms in total. The third-order valence-corrected chi connectivity index (χ3v) is 4.37. The van der Waals surface area contributed by atoms with Crippen LogP contribution in [0.5, 0.6) is 5.88 Å². The molecule has 0 amide bonds. The van der Waals surface area contributed by atoms with Crippen LogP contribution in [-0.4, -0.2) is 47.2 Å². The molecule has 0 saturated carbocycles. The van der Waals surface area contributed by atoms with Crippen molar-refractivity contribution in [3.8, 4) is 5.88 Å². The van der Waals surface area contributed by atoms with Crippen molar-refractivity contribution >= 4 is 34.9 Å². The van der Waals surface area contributed by atoms with Crippen molar-refractivity contribution in [3.05, 3.63) is 33.9 Å². The first-order valence-electron chi connectivity index (χ1n) is 8.02. The van der Waals surface area contributed by atoms with Crippen LogP contribution in [0.2, 0.25) is 10.0 Å². The second kappa shape index (κ2) is 7.93. The summed E-state index contributed by atoms with van der Waals surface area (Å²) < 4.78 is 10.8. The Bertz CT molecular complexity index is 724. The standard InChI is InChI=1S/C16H18Cl2N4O3/c1-2-24-16(23)14-15(20-21-19-14)25-13-3-5-22(6-4-13)12-8-10(17)7-11(18)9-12/h7-9,13H,2-6H2,1H3,(H,19,20,21). The summed E-state index contributed by atoms with van der Waals surface area (Å²) in [5.74, 6) is -0.337. The first-order chi connectivity index (χ1) is 12.1. The molecule has 0 bridgehead atoms. The number of anilines is 1. The third kappa shape index (κ3) is 4.35. The van der Waals surface area contributed by atoms with Gasteiger partial charge in [0.2, 0.25) is 5.69 Å². The van der Waals surface area contributed by atoms with Gasteiger partial charge < -0.3 is 14.4 Å². The van der Waals surface area contributed by atoms with E-state index in [-0.39, 0.29) is 24.3 Å². The highest BCUT2D eigenvalue weighted by Crippen LogP contribution is 2.28. The largest absolute Gasteiger partial charge is 0.471 e. The average Bonchev–Trinajstić information content (AvgIpc) is 3.03. The SMILES string of the molecule is CCOC(=O)c1[nH]nnc1OC1CCN(c2cc(Cl)cc(Cl)c2)CC1. The summed E-state index contributed by atoms with van der Waals surface area (Å²) in [5.41, 5.74) is 1.13. The molecule has 0 atom stereocenters. The lowest BCUT2D eigenvalue weighted by Gasteiger charge is -2.33. The highest BCUT2D eigenvalue weighted by atomic mass is 35.5. The molecule has 25 heavy (non-hydrogen) atoms. The molecule has 1 aliphatic heterocycles. The zero-order chi connectivity index (χ0) is 17.8. The van der Waals surface area contributed by atoms with E-state index in [4.69, 9.17) is 32.7 Å². The number of nitrogens with one attached hydrogen (secondary N) is 1. The molecular weight excluding hydrogens is 367 g/mol. The number of halogens is 2. The second-order valence-electron chi connectivity index (χ2n) is 5.64. The molecule has 134 valence electrons. The molecule has 1 saturated heterocycles. The molecule has 0 radical (unpaired) electrons. The van der Waals surface area contributed by atoms with Gasteiger partial charge in [0.1, 0.15) is 6.10 Å².